The van der Waals surface area contributed by atoms with Gasteiger partial charge in [-0.2, -0.15) is 0 Å². The van der Waals surface area contributed by atoms with Crippen LogP contribution in [0, 0.1) is 5.92 Å². The molecule has 0 aliphatic carbocycles. The molecule has 0 atom stereocenters. The highest BCUT2D eigenvalue weighted by molar-refractivity contribution is 7.80. The van der Waals surface area contributed by atoms with Crippen molar-refractivity contribution in [2.24, 2.45) is 5.92 Å². The molecule has 34 heavy (non-hydrogen) atoms. The highest BCUT2D eigenvalue weighted by Crippen LogP contribution is 2.30. The van der Waals surface area contributed by atoms with Crippen LogP contribution in [0.3, 0.4) is 0 Å². The van der Waals surface area contributed by atoms with Crippen LogP contribution in [0.4, 0.5) is 5.69 Å². The average molecular weight is 473 g/mol. The zero-order valence-corrected chi connectivity index (χ0v) is 20.3. The number of para-hydroxylation sites is 2. The predicted molar refractivity (Wildman–Crippen MR) is 139 cm³/mol. The number of thiocarbonyl (C=S) groups is 1. The fraction of sp³-hybridized carbons (Fsp3) is 0.296. The molecule has 3 aromatic rings. The summed E-state index contributed by atoms with van der Waals surface area (Å²) in [4.78, 5) is 31.6. The summed E-state index contributed by atoms with van der Waals surface area (Å²) >= 11 is 5.59. The zero-order valence-electron chi connectivity index (χ0n) is 19.5. The third-order valence-corrected chi connectivity index (χ3v) is 7.29. The number of anilines is 1. The molecule has 2 aliphatic heterocycles. The van der Waals surface area contributed by atoms with E-state index >= 15 is 0 Å². The Morgan fingerprint density at radius 3 is 2.47 bits per heavy atom. The highest BCUT2D eigenvalue weighted by atomic mass is 32.1. The molecule has 2 fully saturated rings. The van der Waals surface area contributed by atoms with Crippen LogP contribution in [0.25, 0.3) is 17.0 Å². The Kier molecular flexibility index (Phi) is 5.96. The third-order valence-electron chi connectivity index (χ3n) is 6.83. The lowest BCUT2D eigenvalue weighted by Crippen LogP contribution is -2.39. The number of hydrogen-bond donors (Lipinski definition) is 0. The fourth-order valence-corrected chi connectivity index (χ4v) is 5.02. The Balaban J connectivity index is 1.47. The van der Waals surface area contributed by atoms with Crippen molar-refractivity contribution < 1.29 is 9.59 Å². The highest BCUT2D eigenvalue weighted by Gasteiger charge is 2.37. The van der Waals surface area contributed by atoms with E-state index < -0.39 is 0 Å². The number of piperidine rings is 1. The first kappa shape index (κ1) is 22.3. The number of nitrogens with zero attached hydrogens (tertiary/aromatic N) is 4. The van der Waals surface area contributed by atoms with E-state index in [1.807, 2.05) is 83.4 Å². The van der Waals surface area contributed by atoms with Crippen LogP contribution in [0.15, 0.2) is 66.5 Å². The Morgan fingerprint density at radius 2 is 1.74 bits per heavy atom. The smallest absolute Gasteiger partial charge is 0.281 e. The third kappa shape index (κ3) is 4.01. The van der Waals surface area contributed by atoms with E-state index in [1.165, 1.54) is 0 Å². The first-order chi connectivity index (χ1) is 16.4. The van der Waals surface area contributed by atoms with E-state index in [-0.39, 0.29) is 18.4 Å². The Hall–Kier alpha value is -3.45. The summed E-state index contributed by atoms with van der Waals surface area (Å²) < 4.78 is 1.99. The van der Waals surface area contributed by atoms with Crippen LogP contribution >= 0.6 is 12.2 Å². The number of amides is 2. The van der Waals surface area contributed by atoms with E-state index in [0.29, 0.717) is 16.7 Å². The second-order valence-electron chi connectivity index (χ2n) is 9.14. The summed E-state index contributed by atoms with van der Waals surface area (Å²) in [5, 5.41) is 1.45. The lowest BCUT2D eigenvalue weighted by Gasteiger charge is -2.30. The van der Waals surface area contributed by atoms with Gasteiger partial charge in [0.05, 0.1) is 5.69 Å². The van der Waals surface area contributed by atoms with Gasteiger partial charge in [-0.25, -0.2) is 0 Å². The van der Waals surface area contributed by atoms with Gasteiger partial charge in [-0.3, -0.25) is 14.5 Å². The summed E-state index contributed by atoms with van der Waals surface area (Å²) in [6.07, 6.45) is 5.96. The zero-order chi connectivity index (χ0) is 23.8. The van der Waals surface area contributed by atoms with Crippen molar-refractivity contribution in [2.75, 3.05) is 25.0 Å². The summed E-state index contributed by atoms with van der Waals surface area (Å²) in [6, 6.07) is 17.4. The van der Waals surface area contributed by atoms with Crippen molar-refractivity contribution in [3.05, 3.63) is 72.1 Å². The topological polar surface area (TPSA) is 48.8 Å². The molecule has 6 nitrogen and oxygen atoms in total. The van der Waals surface area contributed by atoms with E-state index in [9.17, 15) is 9.59 Å². The molecule has 3 heterocycles. The molecule has 5 rings (SSSR count). The van der Waals surface area contributed by atoms with Gasteiger partial charge in [0.2, 0.25) is 5.91 Å². The molecule has 0 saturated carbocycles. The number of aromatic nitrogens is 1. The maximum Gasteiger partial charge on any atom is 0.281 e. The molecule has 2 aliphatic rings. The minimum absolute atomic E-state index is 0.136. The van der Waals surface area contributed by atoms with Gasteiger partial charge in [-0.15, -0.1) is 0 Å². The molecular weight excluding hydrogens is 444 g/mol. The number of rotatable bonds is 4. The van der Waals surface area contributed by atoms with Crippen LogP contribution in [0.2, 0.25) is 0 Å². The summed E-state index contributed by atoms with van der Waals surface area (Å²) in [6.45, 7) is 4.17. The lowest BCUT2D eigenvalue weighted by atomic mass is 9.99. The largest absolute Gasteiger partial charge is 0.341 e. The molecule has 0 unspecified atom stereocenters. The first-order valence-electron chi connectivity index (χ1n) is 11.7. The van der Waals surface area contributed by atoms with Crippen molar-refractivity contribution in [3.8, 4) is 0 Å². The number of likely N-dealkylation sites (tertiary alicyclic amines) is 1. The van der Waals surface area contributed by atoms with Crippen molar-refractivity contribution in [3.63, 3.8) is 0 Å². The quantitative estimate of drug-likeness (QED) is 0.414. The van der Waals surface area contributed by atoms with Crippen molar-refractivity contribution in [1.82, 2.24) is 14.4 Å². The van der Waals surface area contributed by atoms with Gasteiger partial charge < -0.3 is 14.4 Å². The molecular formula is C27H28N4O2S. The maximum atomic E-state index is 13.3. The normalized spacial score (nSPS) is 18.5. The SMILES string of the molecule is CC1CCN(C(=O)Cn2cc(/C=C3/C(=O)N(c4ccccc4)C(=S)N3C)c3ccccc32)CC1. The second-order valence-corrected chi connectivity index (χ2v) is 9.51. The summed E-state index contributed by atoms with van der Waals surface area (Å²) in [7, 11) is 1.81. The predicted octanol–water partition coefficient (Wildman–Crippen LogP) is 4.50. The van der Waals surface area contributed by atoms with Crippen molar-refractivity contribution in [1.29, 1.82) is 0 Å². The molecule has 1 aromatic heterocycles. The standard InChI is InChI=1S/C27H28N4O2S/c1-19-12-14-29(15-13-19)25(32)18-30-17-20(22-10-6-7-11-23(22)30)16-24-26(33)31(27(34)28(24)2)21-8-4-3-5-9-21/h3-11,16-17,19H,12-15,18H2,1-2H3/b24-16-. The number of likely N-dealkylation sites (N-methyl/N-ethyl adjacent to an activating group) is 1. The monoisotopic (exact) mass is 472 g/mol. The van der Waals surface area contributed by atoms with Gasteiger partial charge in [-0.1, -0.05) is 43.3 Å². The number of benzene rings is 2. The van der Waals surface area contributed by atoms with Gasteiger partial charge in [0.25, 0.3) is 5.91 Å². The molecule has 2 amide bonds. The van der Waals surface area contributed by atoms with E-state index in [4.69, 9.17) is 12.2 Å². The van der Waals surface area contributed by atoms with Crippen LogP contribution in [0.1, 0.15) is 25.3 Å². The van der Waals surface area contributed by atoms with E-state index in [2.05, 4.69) is 6.92 Å². The summed E-state index contributed by atoms with van der Waals surface area (Å²) in [5.41, 5.74) is 3.12. The fourth-order valence-electron chi connectivity index (χ4n) is 4.73. The van der Waals surface area contributed by atoms with Crippen LogP contribution in [-0.4, -0.2) is 51.4 Å². The number of fused-ring (bicyclic) bond motifs is 1. The van der Waals surface area contributed by atoms with E-state index in [1.54, 1.807) is 9.80 Å². The molecule has 0 bridgehead atoms. The lowest BCUT2D eigenvalue weighted by molar-refractivity contribution is -0.133. The van der Waals surface area contributed by atoms with Gasteiger partial charge in [0.15, 0.2) is 5.11 Å². The average Bonchev–Trinajstić information content (AvgIpc) is 3.30. The molecule has 0 radical (unpaired) electrons. The minimum atomic E-state index is -0.158. The second kappa shape index (κ2) is 9.06. The number of carbonyl (C=O) groups is 2. The Bertz CT molecular complexity index is 1290. The van der Waals surface area contributed by atoms with Gasteiger partial charge >= 0.3 is 0 Å². The number of hydrogen-bond acceptors (Lipinski definition) is 3. The van der Waals surface area contributed by atoms with Gasteiger partial charge in [0, 0.05) is 42.8 Å². The molecule has 7 heteroatoms. The van der Waals surface area contributed by atoms with Crippen molar-refractivity contribution in [2.45, 2.75) is 26.3 Å². The number of carbonyl (C=O) groups excluding carboxylic acids is 2. The van der Waals surface area contributed by atoms with Crippen LogP contribution < -0.4 is 4.90 Å². The Labute approximate surface area is 205 Å². The molecule has 0 spiro atoms. The molecule has 2 aromatic carbocycles. The van der Waals surface area contributed by atoms with E-state index in [0.717, 1.165) is 48.1 Å². The van der Waals surface area contributed by atoms with Gasteiger partial charge in [0.1, 0.15) is 12.2 Å². The molecule has 0 N–H and O–H groups in total. The van der Waals surface area contributed by atoms with Crippen LogP contribution in [-0.2, 0) is 16.1 Å². The van der Waals surface area contributed by atoms with Crippen molar-refractivity contribution >= 4 is 51.8 Å². The molecule has 2 saturated heterocycles. The first-order valence-corrected chi connectivity index (χ1v) is 12.1. The maximum absolute atomic E-state index is 13.3. The minimum Gasteiger partial charge on any atom is -0.341 e. The van der Waals surface area contributed by atoms with Crippen LogP contribution in [0.5, 0.6) is 0 Å². The Morgan fingerprint density at radius 1 is 1.06 bits per heavy atom. The molecule has 174 valence electrons. The van der Waals surface area contributed by atoms with Gasteiger partial charge in [-0.05, 0) is 55.3 Å². The summed E-state index contributed by atoms with van der Waals surface area (Å²) in [5.74, 6) is 0.656.